The molecular formula is C23H21N3O3S. The molecule has 0 fully saturated rings. The third-order valence-corrected chi connectivity index (χ3v) is 5.88. The van der Waals surface area contributed by atoms with E-state index in [1.54, 1.807) is 29.5 Å². The molecule has 0 aliphatic heterocycles. The van der Waals surface area contributed by atoms with Gasteiger partial charge in [0.05, 0.1) is 17.1 Å². The fourth-order valence-electron chi connectivity index (χ4n) is 3.41. The number of thiophene rings is 1. The summed E-state index contributed by atoms with van der Waals surface area (Å²) in [6.07, 6.45) is 2.10. The van der Waals surface area contributed by atoms with Crippen molar-refractivity contribution in [3.05, 3.63) is 102 Å². The van der Waals surface area contributed by atoms with Crippen LogP contribution in [0.15, 0.2) is 69.6 Å². The van der Waals surface area contributed by atoms with Crippen molar-refractivity contribution in [3.8, 4) is 0 Å². The second-order valence-corrected chi connectivity index (χ2v) is 8.06. The maximum absolute atomic E-state index is 13.0. The molecule has 0 spiro atoms. The number of nitrogens with one attached hydrogen (secondary N) is 3. The zero-order valence-corrected chi connectivity index (χ0v) is 17.2. The summed E-state index contributed by atoms with van der Waals surface area (Å²) in [5.74, 6) is -0.264. The molecule has 0 radical (unpaired) electrons. The quantitative estimate of drug-likeness (QED) is 0.416. The van der Waals surface area contributed by atoms with Gasteiger partial charge in [-0.15, -0.1) is 11.3 Å². The molecule has 2 heterocycles. The standard InChI is InChI=1S/C23H21N3O3S/c1-2-4-14-6-8-15(9-7-14)20(19-5-3-12-30-19)26-21(27)16-10-11-17-18(13-16)25-23(29)22(28)24-17/h3,5-13,20H,2,4H2,1H3,(H,24,28)(H,25,29)(H,26,27). The van der Waals surface area contributed by atoms with Gasteiger partial charge in [-0.25, -0.2) is 0 Å². The van der Waals surface area contributed by atoms with Crippen LogP contribution in [-0.4, -0.2) is 15.9 Å². The molecule has 30 heavy (non-hydrogen) atoms. The van der Waals surface area contributed by atoms with E-state index in [-0.39, 0.29) is 11.9 Å². The fraction of sp³-hybridized carbons (Fsp3) is 0.174. The second-order valence-electron chi connectivity index (χ2n) is 7.08. The molecule has 2 aromatic carbocycles. The lowest BCUT2D eigenvalue weighted by Gasteiger charge is -2.19. The van der Waals surface area contributed by atoms with E-state index in [1.807, 2.05) is 17.5 Å². The lowest BCUT2D eigenvalue weighted by molar-refractivity contribution is 0.0943. The average molecular weight is 420 g/mol. The predicted octanol–water partition coefficient (Wildman–Crippen LogP) is 3.75. The van der Waals surface area contributed by atoms with Crippen LogP contribution < -0.4 is 16.4 Å². The van der Waals surface area contributed by atoms with Gasteiger partial charge in [0.15, 0.2) is 0 Å². The Kier molecular flexibility index (Phi) is 5.63. The second kappa shape index (κ2) is 8.51. The van der Waals surface area contributed by atoms with Crippen LogP contribution in [-0.2, 0) is 6.42 Å². The number of benzene rings is 2. The van der Waals surface area contributed by atoms with Crippen molar-refractivity contribution in [1.29, 1.82) is 0 Å². The van der Waals surface area contributed by atoms with Crippen LogP contribution in [0.4, 0.5) is 0 Å². The molecule has 0 saturated heterocycles. The largest absolute Gasteiger partial charge is 0.340 e. The molecule has 0 aliphatic rings. The van der Waals surface area contributed by atoms with Gasteiger partial charge in [0, 0.05) is 10.4 Å². The molecular weight excluding hydrogens is 398 g/mol. The summed E-state index contributed by atoms with van der Waals surface area (Å²) in [6.45, 7) is 2.15. The molecule has 4 aromatic rings. The highest BCUT2D eigenvalue weighted by Crippen LogP contribution is 2.27. The van der Waals surface area contributed by atoms with Crippen molar-refractivity contribution >= 4 is 28.3 Å². The summed E-state index contributed by atoms with van der Waals surface area (Å²) < 4.78 is 0. The number of rotatable bonds is 6. The summed E-state index contributed by atoms with van der Waals surface area (Å²) in [6, 6.07) is 16.8. The number of fused-ring (bicyclic) bond motifs is 1. The van der Waals surface area contributed by atoms with Gasteiger partial charge in [-0.3, -0.25) is 14.4 Å². The van der Waals surface area contributed by atoms with Gasteiger partial charge in [0.2, 0.25) is 0 Å². The molecule has 6 nitrogen and oxygen atoms in total. The topological polar surface area (TPSA) is 94.8 Å². The highest BCUT2D eigenvalue weighted by atomic mass is 32.1. The van der Waals surface area contributed by atoms with Crippen molar-refractivity contribution in [2.45, 2.75) is 25.8 Å². The van der Waals surface area contributed by atoms with Crippen molar-refractivity contribution in [2.24, 2.45) is 0 Å². The Morgan fingerprint density at radius 3 is 2.40 bits per heavy atom. The van der Waals surface area contributed by atoms with Gasteiger partial charge < -0.3 is 15.3 Å². The summed E-state index contributed by atoms with van der Waals surface area (Å²) >= 11 is 1.58. The van der Waals surface area contributed by atoms with Gasteiger partial charge in [-0.05, 0) is 47.2 Å². The highest BCUT2D eigenvalue weighted by Gasteiger charge is 2.19. The number of aryl methyl sites for hydroxylation is 1. The number of aromatic nitrogens is 2. The Bertz CT molecular complexity index is 1290. The van der Waals surface area contributed by atoms with Crippen LogP contribution in [0.25, 0.3) is 11.0 Å². The van der Waals surface area contributed by atoms with E-state index >= 15 is 0 Å². The Labute approximate surface area is 176 Å². The minimum absolute atomic E-state index is 0.264. The lowest BCUT2D eigenvalue weighted by Crippen LogP contribution is -2.30. The first-order valence-corrected chi connectivity index (χ1v) is 10.6. The van der Waals surface area contributed by atoms with Crippen molar-refractivity contribution in [1.82, 2.24) is 15.3 Å². The zero-order valence-electron chi connectivity index (χ0n) is 16.4. The van der Waals surface area contributed by atoms with E-state index in [2.05, 4.69) is 46.5 Å². The summed E-state index contributed by atoms with van der Waals surface area (Å²) in [5, 5.41) is 5.08. The van der Waals surface area contributed by atoms with Crippen LogP contribution in [0.3, 0.4) is 0 Å². The van der Waals surface area contributed by atoms with Crippen molar-refractivity contribution in [2.75, 3.05) is 0 Å². The fourth-order valence-corrected chi connectivity index (χ4v) is 4.21. The first kappa shape index (κ1) is 19.8. The predicted molar refractivity (Wildman–Crippen MR) is 119 cm³/mol. The molecule has 3 N–H and O–H groups in total. The van der Waals surface area contributed by atoms with Crippen LogP contribution in [0.5, 0.6) is 0 Å². The third kappa shape index (κ3) is 4.11. The van der Waals surface area contributed by atoms with Gasteiger partial charge in [0.1, 0.15) is 0 Å². The molecule has 7 heteroatoms. The van der Waals surface area contributed by atoms with Gasteiger partial charge in [0.25, 0.3) is 5.91 Å². The van der Waals surface area contributed by atoms with Crippen LogP contribution in [0.1, 0.15) is 45.7 Å². The van der Waals surface area contributed by atoms with Gasteiger partial charge in [-0.1, -0.05) is 43.7 Å². The summed E-state index contributed by atoms with van der Waals surface area (Å²) in [4.78, 5) is 42.1. The maximum Gasteiger partial charge on any atom is 0.314 e. The monoisotopic (exact) mass is 419 g/mol. The number of carbonyl (C=O) groups is 1. The first-order valence-electron chi connectivity index (χ1n) is 9.74. The Balaban J connectivity index is 1.65. The molecule has 1 unspecified atom stereocenters. The lowest BCUT2D eigenvalue weighted by atomic mass is 10.0. The summed E-state index contributed by atoms with van der Waals surface area (Å²) in [5.41, 5.74) is 2.08. The van der Waals surface area contributed by atoms with Crippen LogP contribution in [0.2, 0.25) is 0 Å². The number of carbonyl (C=O) groups excluding carboxylic acids is 1. The summed E-state index contributed by atoms with van der Waals surface area (Å²) in [7, 11) is 0. The number of aromatic amines is 2. The maximum atomic E-state index is 13.0. The highest BCUT2D eigenvalue weighted by molar-refractivity contribution is 7.10. The normalized spacial score (nSPS) is 12.0. The van der Waals surface area contributed by atoms with Crippen molar-refractivity contribution < 1.29 is 4.79 Å². The smallest absolute Gasteiger partial charge is 0.314 e. The van der Waals surface area contributed by atoms with E-state index in [0.717, 1.165) is 23.3 Å². The van der Waals surface area contributed by atoms with Crippen LogP contribution >= 0.6 is 11.3 Å². The molecule has 4 rings (SSSR count). The van der Waals surface area contributed by atoms with E-state index in [9.17, 15) is 14.4 Å². The number of H-pyrrole nitrogens is 2. The molecule has 2 aromatic heterocycles. The van der Waals surface area contributed by atoms with E-state index in [1.165, 1.54) is 5.56 Å². The van der Waals surface area contributed by atoms with E-state index in [4.69, 9.17) is 0 Å². The Hall–Kier alpha value is -3.45. The zero-order chi connectivity index (χ0) is 21.1. The Morgan fingerprint density at radius 1 is 1.00 bits per heavy atom. The van der Waals surface area contributed by atoms with Crippen molar-refractivity contribution in [3.63, 3.8) is 0 Å². The van der Waals surface area contributed by atoms with E-state index in [0.29, 0.717) is 16.6 Å². The molecule has 0 saturated carbocycles. The molecule has 152 valence electrons. The van der Waals surface area contributed by atoms with Gasteiger partial charge >= 0.3 is 11.1 Å². The molecule has 0 aliphatic carbocycles. The van der Waals surface area contributed by atoms with Gasteiger partial charge in [-0.2, -0.15) is 0 Å². The molecule has 0 bridgehead atoms. The first-order chi connectivity index (χ1) is 14.5. The van der Waals surface area contributed by atoms with E-state index < -0.39 is 11.1 Å². The number of hydrogen-bond acceptors (Lipinski definition) is 4. The minimum atomic E-state index is -0.747. The Morgan fingerprint density at radius 2 is 1.73 bits per heavy atom. The average Bonchev–Trinajstić information content (AvgIpc) is 3.28. The minimum Gasteiger partial charge on any atom is -0.340 e. The molecule has 1 atom stereocenters. The molecule has 1 amide bonds. The third-order valence-electron chi connectivity index (χ3n) is 4.94. The number of amides is 1. The SMILES string of the molecule is CCCc1ccc(C(NC(=O)c2ccc3[nH]c(=O)c(=O)[nH]c3c2)c2cccs2)cc1. The number of hydrogen-bond donors (Lipinski definition) is 3. The van der Waals surface area contributed by atoms with Crippen LogP contribution in [0, 0.1) is 0 Å².